The molecule has 0 radical (unpaired) electrons. The Hall–Kier alpha value is -1.59. The van der Waals surface area contributed by atoms with Crippen molar-refractivity contribution < 1.29 is 4.74 Å². The number of rotatable bonds is 3. The quantitative estimate of drug-likeness (QED) is 0.867. The highest BCUT2D eigenvalue weighted by Crippen LogP contribution is 2.33. The lowest BCUT2D eigenvalue weighted by atomic mass is 10.2. The van der Waals surface area contributed by atoms with Crippen molar-refractivity contribution in [1.29, 1.82) is 0 Å². The summed E-state index contributed by atoms with van der Waals surface area (Å²) in [4.78, 5) is 5.79. The standard InChI is InChI=1S/C11H10Cl2N4O/c1-17(7-5-3-4-6-8(7)18-2)10-9(12)15-16-11(13)14-10/h3-6H,1-2H3. The minimum Gasteiger partial charge on any atom is -0.495 e. The fraction of sp³-hybridized carbons (Fsp3) is 0.182. The van der Waals surface area contributed by atoms with E-state index in [0.29, 0.717) is 11.6 Å². The number of anilines is 2. The molecule has 0 amide bonds. The van der Waals surface area contributed by atoms with Gasteiger partial charge in [-0.25, -0.2) is 0 Å². The maximum atomic E-state index is 5.96. The summed E-state index contributed by atoms with van der Waals surface area (Å²) in [5.74, 6) is 1.12. The minimum atomic E-state index is 0.0381. The molecular weight excluding hydrogens is 275 g/mol. The lowest BCUT2D eigenvalue weighted by Crippen LogP contribution is -2.14. The fourth-order valence-corrected chi connectivity index (χ4v) is 1.84. The van der Waals surface area contributed by atoms with E-state index in [-0.39, 0.29) is 10.4 Å². The van der Waals surface area contributed by atoms with Gasteiger partial charge in [0.25, 0.3) is 0 Å². The summed E-state index contributed by atoms with van der Waals surface area (Å²) in [6, 6.07) is 7.49. The number of hydrogen-bond acceptors (Lipinski definition) is 5. The van der Waals surface area contributed by atoms with Crippen LogP contribution in [-0.2, 0) is 0 Å². The lowest BCUT2D eigenvalue weighted by molar-refractivity contribution is 0.415. The Bertz CT molecular complexity index is 564. The largest absolute Gasteiger partial charge is 0.495 e. The van der Waals surface area contributed by atoms with Crippen molar-refractivity contribution in [3.63, 3.8) is 0 Å². The molecule has 0 saturated heterocycles. The van der Waals surface area contributed by atoms with Crippen LogP contribution in [0.15, 0.2) is 24.3 Å². The van der Waals surface area contributed by atoms with Gasteiger partial charge in [0.05, 0.1) is 12.8 Å². The first kappa shape index (κ1) is 12.9. The number of aromatic nitrogens is 3. The predicted octanol–water partition coefficient (Wildman–Crippen LogP) is 2.95. The molecule has 18 heavy (non-hydrogen) atoms. The molecule has 0 aliphatic carbocycles. The number of benzene rings is 1. The molecule has 0 N–H and O–H groups in total. The highest BCUT2D eigenvalue weighted by atomic mass is 35.5. The molecule has 2 rings (SSSR count). The molecule has 1 heterocycles. The normalized spacial score (nSPS) is 10.2. The average Bonchev–Trinajstić information content (AvgIpc) is 2.40. The molecule has 0 saturated carbocycles. The molecule has 0 aliphatic rings. The van der Waals surface area contributed by atoms with Gasteiger partial charge < -0.3 is 9.64 Å². The maximum absolute atomic E-state index is 5.96. The predicted molar refractivity (Wildman–Crippen MR) is 70.9 cm³/mol. The van der Waals surface area contributed by atoms with E-state index in [1.165, 1.54) is 0 Å². The summed E-state index contributed by atoms with van der Waals surface area (Å²) >= 11 is 11.7. The first-order valence-electron chi connectivity index (χ1n) is 5.06. The van der Waals surface area contributed by atoms with Gasteiger partial charge in [-0.05, 0) is 23.7 Å². The highest BCUT2D eigenvalue weighted by molar-refractivity contribution is 6.32. The molecule has 0 aliphatic heterocycles. The van der Waals surface area contributed by atoms with Gasteiger partial charge in [-0.2, -0.15) is 4.98 Å². The van der Waals surface area contributed by atoms with E-state index in [2.05, 4.69) is 15.2 Å². The second-order valence-electron chi connectivity index (χ2n) is 3.43. The van der Waals surface area contributed by atoms with Crippen LogP contribution in [0.5, 0.6) is 5.75 Å². The number of nitrogens with zero attached hydrogens (tertiary/aromatic N) is 4. The Kier molecular flexibility index (Phi) is 3.84. The van der Waals surface area contributed by atoms with Crippen molar-refractivity contribution in [2.75, 3.05) is 19.1 Å². The Labute approximate surface area is 114 Å². The van der Waals surface area contributed by atoms with Gasteiger partial charge in [-0.15, -0.1) is 10.2 Å². The summed E-state index contributed by atoms with van der Waals surface area (Å²) in [5, 5.41) is 7.50. The second kappa shape index (κ2) is 5.37. The molecule has 5 nitrogen and oxygen atoms in total. The summed E-state index contributed by atoms with van der Waals surface area (Å²) in [6.45, 7) is 0. The van der Waals surface area contributed by atoms with Gasteiger partial charge in [0.1, 0.15) is 5.75 Å². The third kappa shape index (κ3) is 2.47. The number of halogens is 2. The summed E-state index contributed by atoms with van der Waals surface area (Å²) < 4.78 is 5.28. The van der Waals surface area contributed by atoms with E-state index in [4.69, 9.17) is 27.9 Å². The van der Waals surface area contributed by atoms with Crippen LogP contribution in [0.2, 0.25) is 10.4 Å². The summed E-state index contributed by atoms with van der Waals surface area (Å²) in [5.41, 5.74) is 0.804. The number of hydrogen-bond donors (Lipinski definition) is 0. The Balaban J connectivity index is 2.47. The third-order valence-electron chi connectivity index (χ3n) is 2.37. The van der Waals surface area contributed by atoms with E-state index in [9.17, 15) is 0 Å². The van der Waals surface area contributed by atoms with E-state index < -0.39 is 0 Å². The molecule has 1 aromatic heterocycles. The van der Waals surface area contributed by atoms with Gasteiger partial charge in [-0.3, -0.25) is 0 Å². The number of methoxy groups -OCH3 is 1. The van der Waals surface area contributed by atoms with Crippen LogP contribution >= 0.6 is 23.2 Å². The molecular formula is C11H10Cl2N4O. The van der Waals surface area contributed by atoms with Crippen LogP contribution in [0, 0.1) is 0 Å². The molecule has 0 bridgehead atoms. The van der Waals surface area contributed by atoms with E-state index in [0.717, 1.165) is 5.69 Å². The smallest absolute Gasteiger partial charge is 0.245 e. The van der Waals surface area contributed by atoms with Crippen molar-refractivity contribution in [3.05, 3.63) is 34.7 Å². The molecule has 1 aromatic carbocycles. The van der Waals surface area contributed by atoms with Crippen molar-refractivity contribution in [3.8, 4) is 5.75 Å². The highest BCUT2D eigenvalue weighted by Gasteiger charge is 2.15. The molecule has 0 fully saturated rings. The fourth-order valence-electron chi connectivity index (χ4n) is 1.52. The topological polar surface area (TPSA) is 51.1 Å². The minimum absolute atomic E-state index is 0.0381. The van der Waals surface area contributed by atoms with Gasteiger partial charge >= 0.3 is 0 Å². The second-order valence-corrected chi connectivity index (χ2v) is 4.12. The zero-order chi connectivity index (χ0) is 13.1. The SMILES string of the molecule is COc1ccccc1N(C)c1nc(Cl)nnc1Cl. The van der Waals surface area contributed by atoms with Crippen molar-refractivity contribution in [2.24, 2.45) is 0 Å². The van der Waals surface area contributed by atoms with E-state index in [1.807, 2.05) is 24.3 Å². The van der Waals surface area contributed by atoms with Crippen LogP contribution in [-0.4, -0.2) is 29.3 Å². The lowest BCUT2D eigenvalue weighted by Gasteiger charge is -2.20. The van der Waals surface area contributed by atoms with Crippen molar-refractivity contribution in [1.82, 2.24) is 15.2 Å². The first-order chi connectivity index (χ1) is 8.63. The molecule has 0 unspecified atom stereocenters. The average molecular weight is 285 g/mol. The van der Waals surface area contributed by atoms with Gasteiger partial charge in [-0.1, -0.05) is 23.7 Å². The number of para-hydroxylation sites is 2. The van der Waals surface area contributed by atoms with Crippen LogP contribution in [0.4, 0.5) is 11.5 Å². The van der Waals surface area contributed by atoms with E-state index >= 15 is 0 Å². The Morgan fingerprint density at radius 2 is 1.89 bits per heavy atom. The van der Waals surface area contributed by atoms with E-state index in [1.54, 1.807) is 19.1 Å². The Morgan fingerprint density at radius 3 is 2.61 bits per heavy atom. The monoisotopic (exact) mass is 284 g/mol. The zero-order valence-electron chi connectivity index (χ0n) is 9.76. The van der Waals surface area contributed by atoms with Crippen molar-refractivity contribution in [2.45, 2.75) is 0 Å². The van der Waals surface area contributed by atoms with Crippen LogP contribution in [0.1, 0.15) is 0 Å². The first-order valence-corrected chi connectivity index (χ1v) is 5.81. The molecule has 94 valence electrons. The van der Waals surface area contributed by atoms with Gasteiger partial charge in [0.2, 0.25) is 5.28 Å². The molecule has 2 aromatic rings. The number of ether oxygens (including phenoxy) is 1. The van der Waals surface area contributed by atoms with Crippen LogP contribution in [0.3, 0.4) is 0 Å². The molecule has 0 spiro atoms. The van der Waals surface area contributed by atoms with Crippen molar-refractivity contribution >= 4 is 34.7 Å². The Morgan fingerprint density at radius 1 is 1.17 bits per heavy atom. The summed E-state index contributed by atoms with van der Waals surface area (Å²) in [6.07, 6.45) is 0. The zero-order valence-corrected chi connectivity index (χ0v) is 11.3. The maximum Gasteiger partial charge on any atom is 0.245 e. The van der Waals surface area contributed by atoms with Crippen LogP contribution in [0.25, 0.3) is 0 Å². The molecule has 0 atom stereocenters. The van der Waals surface area contributed by atoms with Crippen LogP contribution < -0.4 is 9.64 Å². The molecule has 7 heteroatoms. The van der Waals surface area contributed by atoms with Gasteiger partial charge in [0, 0.05) is 7.05 Å². The third-order valence-corrected chi connectivity index (χ3v) is 2.77. The van der Waals surface area contributed by atoms with Gasteiger partial charge in [0.15, 0.2) is 11.0 Å². The summed E-state index contributed by atoms with van der Waals surface area (Å²) in [7, 11) is 3.39.